The van der Waals surface area contributed by atoms with E-state index < -0.39 is 27.5 Å². The first-order valence-corrected chi connectivity index (χ1v) is 8.83. The van der Waals surface area contributed by atoms with Crippen molar-refractivity contribution < 1.29 is 22.3 Å². The van der Waals surface area contributed by atoms with E-state index in [1.807, 2.05) is 0 Å². The molecule has 0 atom stereocenters. The molecule has 0 fully saturated rings. The predicted molar refractivity (Wildman–Crippen MR) is 88.0 cm³/mol. The summed E-state index contributed by atoms with van der Waals surface area (Å²) in [6.45, 7) is 6.55. The molecule has 0 aliphatic carbocycles. The third-order valence-corrected chi connectivity index (χ3v) is 4.45. The molecule has 0 bridgehead atoms. The summed E-state index contributed by atoms with van der Waals surface area (Å²) in [4.78, 5) is 16.2. The van der Waals surface area contributed by atoms with Crippen LogP contribution < -0.4 is 4.72 Å². The highest BCUT2D eigenvalue weighted by atomic mass is 32.2. The highest BCUT2D eigenvalue weighted by Gasteiger charge is 2.25. The monoisotopic (exact) mass is 370 g/mol. The molecule has 0 spiro atoms. The number of hydrogen-bond donors (Lipinski definition) is 1. The molecule has 0 unspecified atom stereocenters. The normalized spacial score (nSPS) is 12.2. The Morgan fingerprint density at radius 2 is 1.96 bits per heavy atom. The molecule has 1 aromatic heterocycles. The lowest BCUT2D eigenvalue weighted by Gasteiger charge is -2.19. The van der Waals surface area contributed by atoms with Crippen LogP contribution in [0.3, 0.4) is 0 Å². The minimum atomic E-state index is -3.79. The SMILES string of the molecule is CNS(=O)(=O)c1ccc(F)c(-c2nc(C)nn2C(=O)OC(C)(C)C)c1. The van der Waals surface area contributed by atoms with E-state index in [0.29, 0.717) is 0 Å². The first-order valence-electron chi connectivity index (χ1n) is 7.35. The number of hydrogen-bond acceptors (Lipinski definition) is 6. The molecule has 0 aliphatic heterocycles. The molecule has 0 saturated heterocycles. The van der Waals surface area contributed by atoms with Gasteiger partial charge in [0.25, 0.3) is 0 Å². The van der Waals surface area contributed by atoms with Crippen molar-refractivity contribution in [1.29, 1.82) is 0 Å². The van der Waals surface area contributed by atoms with Gasteiger partial charge < -0.3 is 4.74 Å². The number of carbonyl (C=O) groups is 1. The van der Waals surface area contributed by atoms with Crippen molar-refractivity contribution >= 4 is 16.1 Å². The summed E-state index contributed by atoms with van der Waals surface area (Å²) < 4.78 is 46.4. The lowest BCUT2D eigenvalue weighted by molar-refractivity contribution is 0.0517. The van der Waals surface area contributed by atoms with Gasteiger partial charge in [0, 0.05) is 0 Å². The average molecular weight is 370 g/mol. The lowest BCUT2D eigenvalue weighted by atomic mass is 10.2. The molecular weight excluding hydrogens is 351 g/mol. The molecule has 1 heterocycles. The lowest BCUT2D eigenvalue weighted by Crippen LogP contribution is -2.28. The maximum atomic E-state index is 14.3. The van der Waals surface area contributed by atoms with Gasteiger partial charge in [-0.25, -0.2) is 27.3 Å². The molecule has 1 aromatic carbocycles. The smallest absolute Gasteiger partial charge is 0.437 e. The van der Waals surface area contributed by atoms with Gasteiger partial charge in [-0.3, -0.25) is 0 Å². The summed E-state index contributed by atoms with van der Waals surface area (Å²) in [5, 5.41) is 3.92. The van der Waals surface area contributed by atoms with Crippen molar-refractivity contribution in [3.63, 3.8) is 0 Å². The van der Waals surface area contributed by atoms with E-state index in [-0.39, 0.29) is 22.1 Å². The third-order valence-electron chi connectivity index (χ3n) is 3.04. The van der Waals surface area contributed by atoms with Gasteiger partial charge in [0.1, 0.15) is 17.2 Å². The van der Waals surface area contributed by atoms with Gasteiger partial charge in [0.05, 0.1) is 10.5 Å². The van der Waals surface area contributed by atoms with E-state index in [1.165, 1.54) is 14.0 Å². The number of halogens is 1. The number of rotatable bonds is 3. The second-order valence-electron chi connectivity index (χ2n) is 6.22. The van der Waals surface area contributed by atoms with Crippen LogP contribution in [0.25, 0.3) is 11.4 Å². The van der Waals surface area contributed by atoms with Gasteiger partial charge in [0.2, 0.25) is 10.0 Å². The molecule has 0 aliphatic rings. The Morgan fingerprint density at radius 1 is 1.32 bits per heavy atom. The summed E-state index contributed by atoms with van der Waals surface area (Å²) >= 11 is 0. The Morgan fingerprint density at radius 3 is 2.52 bits per heavy atom. The number of nitrogens with one attached hydrogen (secondary N) is 1. The number of nitrogens with zero attached hydrogens (tertiary/aromatic N) is 3. The minimum absolute atomic E-state index is 0.141. The molecule has 136 valence electrons. The molecule has 8 nitrogen and oxygen atoms in total. The number of sulfonamides is 1. The standard InChI is InChI=1S/C15H19FN4O4S/c1-9-18-13(20(19-9)14(21)24-15(2,3)4)11-8-10(6-7-12(11)16)25(22,23)17-5/h6-8,17H,1-5H3. The number of carbonyl (C=O) groups excluding carboxylic acids is 1. The quantitative estimate of drug-likeness (QED) is 0.887. The van der Waals surface area contributed by atoms with Crippen LogP contribution >= 0.6 is 0 Å². The Labute approximate surface area is 145 Å². The Bertz CT molecular complexity index is 916. The molecule has 0 amide bonds. The van der Waals surface area contributed by atoms with E-state index >= 15 is 0 Å². The van der Waals surface area contributed by atoms with Crippen molar-refractivity contribution in [2.45, 2.75) is 38.2 Å². The van der Waals surface area contributed by atoms with E-state index in [1.54, 1.807) is 20.8 Å². The van der Waals surface area contributed by atoms with Crippen LogP contribution in [0, 0.1) is 12.7 Å². The molecule has 1 N–H and O–H groups in total. The van der Waals surface area contributed by atoms with Crippen LogP contribution in [0.15, 0.2) is 23.1 Å². The van der Waals surface area contributed by atoms with Crippen LogP contribution in [0.1, 0.15) is 26.6 Å². The number of benzene rings is 1. The largest absolute Gasteiger partial charge is 0.442 e. The molecule has 2 rings (SSSR count). The average Bonchev–Trinajstić information content (AvgIpc) is 2.87. The fourth-order valence-corrected chi connectivity index (χ4v) is 2.74. The van der Waals surface area contributed by atoms with E-state index in [4.69, 9.17) is 4.74 Å². The predicted octanol–water partition coefficient (Wildman–Crippen LogP) is 2.08. The minimum Gasteiger partial charge on any atom is -0.442 e. The van der Waals surface area contributed by atoms with Crippen LogP contribution in [0.2, 0.25) is 0 Å². The van der Waals surface area contributed by atoms with Crippen LogP contribution in [0.4, 0.5) is 9.18 Å². The van der Waals surface area contributed by atoms with Crippen LogP contribution in [-0.2, 0) is 14.8 Å². The fourth-order valence-electron chi connectivity index (χ4n) is 1.98. The van der Waals surface area contributed by atoms with Gasteiger partial charge in [-0.2, -0.15) is 0 Å². The van der Waals surface area contributed by atoms with Gasteiger partial charge in [0.15, 0.2) is 5.82 Å². The summed E-state index contributed by atoms with van der Waals surface area (Å²) in [5.74, 6) is -0.674. The summed E-state index contributed by atoms with van der Waals surface area (Å²) in [6.07, 6.45) is -0.843. The van der Waals surface area contributed by atoms with Crippen molar-refractivity contribution in [1.82, 2.24) is 19.5 Å². The first kappa shape index (κ1) is 19.0. The van der Waals surface area contributed by atoms with Crippen molar-refractivity contribution in [2.75, 3.05) is 7.05 Å². The van der Waals surface area contributed by atoms with E-state index in [2.05, 4.69) is 14.8 Å². The summed E-state index contributed by atoms with van der Waals surface area (Å²) in [6, 6.07) is 3.19. The maximum absolute atomic E-state index is 14.3. The zero-order chi connectivity index (χ0) is 19.0. The summed E-state index contributed by atoms with van der Waals surface area (Å²) in [5.41, 5.74) is -0.966. The van der Waals surface area contributed by atoms with Crippen LogP contribution in [0.5, 0.6) is 0 Å². The highest BCUT2D eigenvalue weighted by Crippen LogP contribution is 2.25. The molecule has 0 saturated carbocycles. The van der Waals surface area contributed by atoms with Crippen molar-refractivity contribution in [3.05, 3.63) is 29.8 Å². The number of aromatic nitrogens is 3. The molecular formula is C15H19FN4O4S. The second-order valence-corrected chi connectivity index (χ2v) is 8.11. The van der Waals surface area contributed by atoms with Crippen LogP contribution in [-0.4, -0.2) is 41.9 Å². The molecule has 10 heteroatoms. The second kappa shape index (κ2) is 6.52. The Balaban J connectivity index is 2.60. The Hall–Kier alpha value is -2.33. The Kier molecular flexibility index (Phi) is 4.96. The molecule has 2 aromatic rings. The fraction of sp³-hybridized carbons (Fsp3) is 0.400. The van der Waals surface area contributed by atoms with Crippen molar-refractivity contribution in [3.8, 4) is 11.4 Å². The molecule has 0 radical (unpaired) electrons. The van der Waals surface area contributed by atoms with E-state index in [9.17, 15) is 17.6 Å². The van der Waals surface area contributed by atoms with E-state index in [0.717, 1.165) is 22.9 Å². The zero-order valence-corrected chi connectivity index (χ0v) is 15.3. The summed E-state index contributed by atoms with van der Waals surface area (Å²) in [7, 11) is -2.55. The molecule has 25 heavy (non-hydrogen) atoms. The maximum Gasteiger partial charge on any atom is 0.437 e. The topological polar surface area (TPSA) is 103 Å². The van der Waals surface area contributed by atoms with Gasteiger partial charge in [-0.15, -0.1) is 9.78 Å². The first-order chi connectivity index (χ1) is 11.4. The van der Waals surface area contributed by atoms with Gasteiger partial charge >= 0.3 is 6.09 Å². The van der Waals surface area contributed by atoms with Gasteiger partial charge in [-0.05, 0) is 52.9 Å². The number of ether oxygens (including phenoxy) is 1. The highest BCUT2D eigenvalue weighted by molar-refractivity contribution is 7.89. The third kappa shape index (κ3) is 4.20. The zero-order valence-electron chi connectivity index (χ0n) is 14.5. The van der Waals surface area contributed by atoms with Crippen molar-refractivity contribution in [2.24, 2.45) is 0 Å². The van der Waals surface area contributed by atoms with Gasteiger partial charge in [-0.1, -0.05) is 0 Å². The number of aryl methyl sites for hydroxylation is 1.